The summed E-state index contributed by atoms with van der Waals surface area (Å²) in [4.78, 5) is 64.4. The molecule has 2 aliphatic heterocycles. The molecule has 5 atom stereocenters. The largest absolute Gasteiger partial charge is 0.385 e. The molecular weight excluding hydrogens is 428 g/mol. The summed E-state index contributed by atoms with van der Waals surface area (Å²) in [5.74, 6) is -2.71. The molecule has 11 nitrogen and oxygen atoms in total. The van der Waals surface area contributed by atoms with Gasteiger partial charge in [-0.05, 0) is 31.3 Å². The van der Waals surface area contributed by atoms with Crippen LogP contribution in [0.15, 0.2) is 28.6 Å². The van der Waals surface area contributed by atoms with Crippen molar-refractivity contribution in [3.05, 3.63) is 28.3 Å². The first kappa shape index (κ1) is 24.4. The molecule has 0 bridgehead atoms. The zero-order chi connectivity index (χ0) is 24.3. The van der Waals surface area contributed by atoms with E-state index in [-0.39, 0.29) is 24.8 Å². The number of allylic oxidation sites excluding steroid dienone is 1. The number of hydrogen-bond acceptors (Lipinski definition) is 7. The minimum Gasteiger partial charge on any atom is -0.385 e. The van der Waals surface area contributed by atoms with Crippen LogP contribution in [0.1, 0.15) is 40.0 Å². The number of nitrogens with zero attached hydrogens (tertiary/aromatic N) is 2. The van der Waals surface area contributed by atoms with E-state index in [4.69, 9.17) is 5.73 Å². The Morgan fingerprint density at radius 1 is 1.18 bits per heavy atom. The number of amides is 4. The number of nitrogens with one attached hydrogen (secondary N) is 3. The molecule has 11 heteroatoms. The van der Waals surface area contributed by atoms with Crippen molar-refractivity contribution in [3.8, 4) is 0 Å². The van der Waals surface area contributed by atoms with Gasteiger partial charge in [0.2, 0.25) is 17.7 Å². The Morgan fingerprint density at radius 3 is 2.55 bits per heavy atom. The van der Waals surface area contributed by atoms with Crippen LogP contribution in [0.5, 0.6) is 0 Å². The second-order valence-corrected chi connectivity index (χ2v) is 9.14. The highest BCUT2D eigenvalue weighted by Gasteiger charge is 2.41. The van der Waals surface area contributed by atoms with Crippen LogP contribution in [0.3, 0.4) is 0 Å². The van der Waals surface area contributed by atoms with Gasteiger partial charge in [-0.15, -0.1) is 0 Å². The lowest BCUT2D eigenvalue weighted by molar-refractivity contribution is -0.138. The summed E-state index contributed by atoms with van der Waals surface area (Å²) >= 11 is 0. The molecular formula is C22H32N6O5. The molecule has 2 heterocycles. The summed E-state index contributed by atoms with van der Waals surface area (Å²) in [6.07, 6.45) is 4.53. The van der Waals surface area contributed by atoms with Gasteiger partial charge in [-0.25, -0.2) is 0 Å². The van der Waals surface area contributed by atoms with E-state index in [0.717, 1.165) is 0 Å². The van der Waals surface area contributed by atoms with Crippen LogP contribution in [0.4, 0.5) is 0 Å². The van der Waals surface area contributed by atoms with Gasteiger partial charge in [0, 0.05) is 30.3 Å². The van der Waals surface area contributed by atoms with Crippen molar-refractivity contribution in [2.75, 3.05) is 13.1 Å². The van der Waals surface area contributed by atoms with Gasteiger partial charge in [0.1, 0.15) is 24.2 Å². The summed E-state index contributed by atoms with van der Waals surface area (Å²) in [5.41, 5.74) is 6.37. The second kappa shape index (κ2) is 10.1. The van der Waals surface area contributed by atoms with Crippen molar-refractivity contribution in [1.82, 2.24) is 20.9 Å². The molecule has 4 unspecified atom stereocenters. The van der Waals surface area contributed by atoms with E-state index >= 15 is 0 Å². The normalized spacial score (nSPS) is 31.2. The van der Waals surface area contributed by atoms with E-state index in [1.807, 2.05) is 0 Å². The van der Waals surface area contributed by atoms with Crippen LogP contribution in [0, 0.1) is 16.7 Å². The molecule has 0 spiro atoms. The Hall–Kier alpha value is -3.24. The summed E-state index contributed by atoms with van der Waals surface area (Å²) in [5, 5.41) is 11.7. The number of carbonyl (C=O) groups is 4. The third-order valence-corrected chi connectivity index (χ3v) is 6.54. The fourth-order valence-corrected chi connectivity index (χ4v) is 4.58. The number of carbonyl (C=O) groups excluding carboxylic acids is 4. The van der Waals surface area contributed by atoms with Crippen molar-refractivity contribution >= 4 is 23.6 Å². The predicted molar refractivity (Wildman–Crippen MR) is 120 cm³/mol. The highest BCUT2D eigenvalue weighted by atomic mass is 16.3. The van der Waals surface area contributed by atoms with E-state index < -0.39 is 47.8 Å². The molecule has 0 saturated carbocycles. The Balaban J connectivity index is 2.02. The van der Waals surface area contributed by atoms with Gasteiger partial charge < -0.3 is 26.6 Å². The summed E-state index contributed by atoms with van der Waals surface area (Å²) < 4.78 is 0. The van der Waals surface area contributed by atoms with Crippen molar-refractivity contribution < 1.29 is 19.2 Å². The molecule has 0 aromatic rings. The topological polar surface area (TPSA) is 163 Å². The first-order chi connectivity index (χ1) is 15.6. The highest BCUT2D eigenvalue weighted by Crippen LogP contribution is 2.31. The van der Waals surface area contributed by atoms with E-state index in [1.54, 1.807) is 32.9 Å². The molecule has 3 aliphatic rings. The third kappa shape index (κ3) is 5.07. The molecule has 1 saturated heterocycles. The molecule has 1 fully saturated rings. The Kier molecular flexibility index (Phi) is 7.50. The van der Waals surface area contributed by atoms with Gasteiger partial charge in [-0.2, -0.15) is 4.91 Å². The van der Waals surface area contributed by atoms with Crippen LogP contribution in [0.2, 0.25) is 0 Å². The average Bonchev–Trinajstić information content (AvgIpc) is 3.25. The highest BCUT2D eigenvalue weighted by molar-refractivity contribution is 6.00. The number of nitrogens with two attached hydrogens (primary N) is 1. The standard InChI is InChI=1S/C22H32N6O5/c1-11(2)18-21(31)25-15(19(23)29)8-9-24-14-7-6-13(27-33)12(3)17(14)22(32)28-10-4-5-16(28)20(30)26-18/h6-7,11-13,15-16,18,24H,4-5,8-10H2,1-3H3,(H2,23,29)(H,25,31)(H,26,30)/t12?,13?,15-,16?,18?/m0/s1. The average molecular weight is 461 g/mol. The van der Waals surface area contributed by atoms with Crippen molar-refractivity contribution in [1.29, 1.82) is 0 Å². The van der Waals surface area contributed by atoms with E-state index in [1.165, 1.54) is 4.90 Å². The van der Waals surface area contributed by atoms with Gasteiger partial charge in [-0.3, -0.25) is 19.2 Å². The third-order valence-electron chi connectivity index (χ3n) is 6.54. The van der Waals surface area contributed by atoms with Gasteiger partial charge >= 0.3 is 0 Å². The molecule has 3 rings (SSSR count). The summed E-state index contributed by atoms with van der Waals surface area (Å²) in [6.45, 7) is 5.96. The minimum absolute atomic E-state index is 0.175. The van der Waals surface area contributed by atoms with Crippen LogP contribution in [0.25, 0.3) is 0 Å². The molecule has 0 aromatic heterocycles. The lowest BCUT2D eigenvalue weighted by atomic mass is 9.86. The van der Waals surface area contributed by atoms with E-state index in [0.29, 0.717) is 30.7 Å². The summed E-state index contributed by atoms with van der Waals surface area (Å²) in [6, 6.07) is -3.28. The van der Waals surface area contributed by atoms with Gasteiger partial charge in [-0.1, -0.05) is 32.0 Å². The number of nitroso groups, excluding NO2 is 1. The number of primary amides is 1. The maximum Gasteiger partial charge on any atom is 0.252 e. The lowest BCUT2D eigenvalue weighted by Crippen LogP contribution is -2.58. The first-order valence-corrected chi connectivity index (χ1v) is 11.4. The molecule has 0 radical (unpaired) electrons. The molecule has 33 heavy (non-hydrogen) atoms. The molecule has 0 aromatic carbocycles. The van der Waals surface area contributed by atoms with Crippen LogP contribution >= 0.6 is 0 Å². The fraction of sp³-hybridized carbons (Fsp3) is 0.636. The first-order valence-electron chi connectivity index (χ1n) is 11.4. The maximum atomic E-state index is 13.6. The molecule has 1 aliphatic carbocycles. The quantitative estimate of drug-likeness (QED) is 0.422. The Morgan fingerprint density at radius 2 is 1.91 bits per heavy atom. The van der Waals surface area contributed by atoms with Gasteiger partial charge in [0.05, 0.1) is 0 Å². The predicted octanol–water partition coefficient (Wildman–Crippen LogP) is -0.323. The number of hydrogen-bond donors (Lipinski definition) is 4. The van der Waals surface area contributed by atoms with Crippen LogP contribution in [-0.2, 0) is 19.2 Å². The zero-order valence-corrected chi connectivity index (χ0v) is 19.2. The van der Waals surface area contributed by atoms with Crippen LogP contribution < -0.4 is 21.7 Å². The smallest absolute Gasteiger partial charge is 0.252 e. The molecule has 4 amide bonds. The summed E-state index contributed by atoms with van der Waals surface area (Å²) in [7, 11) is 0. The van der Waals surface area contributed by atoms with Gasteiger partial charge in [0.15, 0.2) is 0 Å². The van der Waals surface area contributed by atoms with Crippen LogP contribution in [-0.4, -0.2) is 65.8 Å². The fourth-order valence-electron chi connectivity index (χ4n) is 4.58. The molecule has 5 N–H and O–H groups in total. The lowest BCUT2D eigenvalue weighted by Gasteiger charge is -2.33. The van der Waals surface area contributed by atoms with E-state index in [2.05, 4.69) is 21.1 Å². The molecule has 180 valence electrons. The zero-order valence-electron chi connectivity index (χ0n) is 19.2. The van der Waals surface area contributed by atoms with Gasteiger partial charge in [0.25, 0.3) is 5.91 Å². The van der Waals surface area contributed by atoms with Crippen molar-refractivity contribution in [2.45, 2.75) is 64.2 Å². The minimum atomic E-state index is -0.955. The van der Waals surface area contributed by atoms with E-state index in [9.17, 15) is 24.1 Å². The van der Waals surface area contributed by atoms with Crippen molar-refractivity contribution in [3.63, 3.8) is 0 Å². The Bertz CT molecular complexity index is 898. The second-order valence-electron chi connectivity index (χ2n) is 9.14. The Labute approximate surface area is 192 Å². The maximum absolute atomic E-state index is 13.6. The van der Waals surface area contributed by atoms with Crippen molar-refractivity contribution in [2.24, 2.45) is 22.7 Å². The number of rotatable bonds is 3. The number of fused-ring (bicyclic) bond motifs is 1. The monoisotopic (exact) mass is 460 g/mol. The SMILES string of the molecule is CC(C)C1NC(=O)C2CCCN2C(=O)C2=C(C=CC(N=O)C2C)NCC[C@@H](C(N)=O)NC1=O.